The largest absolute Gasteiger partial charge is 0.309 e. The monoisotopic (exact) mass is 371 g/mol. The fraction of sp³-hybridized carbons (Fsp3) is 0.200. The molecule has 18 heavy (non-hydrogen) atoms. The average Bonchev–Trinajstić information content (AvgIpc) is 2.37. The molecule has 1 unspecified atom stereocenters. The van der Waals surface area contributed by atoms with Gasteiger partial charge in [0.1, 0.15) is 0 Å². The molecular formula is C15H15ClIN. The third kappa shape index (κ3) is 3.05. The minimum atomic E-state index is 0.181. The molecule has 0 aliphatic heterocycles. The van der Waals surface area contributed by atoms with Crippen molar-refractivity contribution in [2.24, 2.45) is 0 Å². The van der Waals surface area contributed by atoms with Crippen molar-refractivity contribution in [1.29, 1.82) is 0 Å². The second-order valence-corrected chi connectivity index (χ2v) is 5.88. The first-order valence-corrected chi connectivity index (χ1v) is 7.26. The molecule has 0 saturated carbocycles. The van der Waals surface area contributed by atoms with Gasteiger partial charge in [-0.2, -0.15) is 0 Å². The Bertz CT molecular complexity index is 537. The highest BCUT2D eigenvalue weighted by Crippen LogP contribution is 2.27. The number of hydrogen-bond donors (Lipinski definition) is 1. The molecule has 1 N–H and O–H groups in total. The number of rotatable bonds is 3. The Kier molecular flexibility index (Phi) is 4.65. The van der Waals surface area contributed by atoms with E-state index in [-0.39, 0.29) is 6.04 Å². The summed E-state index contributed by atoms with van der Waals surface area (Å²) in [7, 11) is 1.97. The maximum Gasteiger partial charge on any atom is 0.0574 e. The summed E-state index contributed by atoms with van der Waals surface area (Å²) < 4.78 is 1.08. The number of aryl methyl sites for hydroxylation is 1. The van der Waals surface area contributed by atoms with Gasteiger partial charge in [-0.25, -0.2) is 0 Å². The van der Waals surface area contributed by atoms with Crippen LogP contribution in [0, 0.1) is 10.5 Å². The van der Waals surface area contributed by atoms with Gasteiger partial charge in [0.05, 0.1) is 11.1 Å². The maximum atomic E-state index is 6.19. The first kappa shape index (κ1) is 13.8. The molecular weight excluding hydrogens is 357 g/mol. The van der Waals surface area contributed by atoms with Crippen LogP contribution in [0.5, 0.6) is 0 Å². The Morgan fingerprint density at radius 3 is 2.22 bits per heavy atom. The molecule has 0 amide bonds. The standard InChI is InChI=1S/C15H15ClIN/c1-10-3-5-11(6-4-10)15(18-2)12-7-8-14(17)13(16)9-12/h3-9,15,18H,1-2H3. The Morgan fingerprint density at radius 1 is 1.06 bits per heavy atom. The first-order chi connectivity index (χ1) is 8.61. The summed E-state index contributed by atoms with van der Waals surface area (Å²) in [5.74, 6) is 0. The summed E-state index contributed by atoms with van der Waals surface area (Å²) in [5.41, 5.74) is 3.71. The van der Waals surface area contributed by atoms with Crippen molar-refractivity contribution >= 4 is 34.2 Å². The summed E-state index contributed by atoms with van der Waals surface area (Å²) in [6, 6.07) is 15.0. The molecule has 0 aliphatic rings. The lowest BCUT2D eigenvalue weighted by Gasteiger charge is -2.18. The Labute approximate surface area is 127 Å². The SMILES string of the molecule is CNC(c1ccc(C)cc1)c1ccc(I)c(Cl)c1. The van der Waals surface area contributed by atoms with Gasteiger partial charge in [-0.1, -0.05) is 47.5 Å². The Morgan fingerprint density at radius 2 is 1.67 bits per heavy atom. The Hall–Kier alpha value is -0.580. The number of nitrogens with one attached hydrogen (secondary N) is 1. The molecule has 0 bridgehead atoms. The number of halogens is 2. The Balaban J connectivity index is 2.38. The van der Waals surface area contributed by atoms with Crippen molar-refractivity contribution in [1.82, 2.24) is 5.32 Å². The van der Waals surface area contributed by atoms with E-state index in [1.165, 1.54) is 16.7 Å². The van der Waals surface area contributed by atoms with Crippen LogP contribution in [0.15, 0.2) is 42.5 Å². The summed E-state index contributed by atoms with van der Waals surface area (Å²) in [5, 5.41) is 4.15. The normalized spacial score (nSPS) is 12.4. The molecule has 0 spiro atoms. The van der Waals surface area contributed by atoms with Crippen molar-refractivity contribution in [2.45, 2.75) is 13.0 Å². The van der Waals surface area contributed by atoms with Crippen LogP contribution < -0.4 is 5.32 Å². The number of benzene rings is 2. The zero-order chi connectivity index (χ0) is 13.1. The fourth-order valence-corrected chi connectivity index (χ4v) is 2.50. The van der Waals surface area contributed by atoms with Crippen molar-refractivity contribution in [3.05, 3.63) is 67.7 Å². The van der Waals surface area contributed by atoms with Gasteiger partial charge < -0.3 is 5.32 Å². The van der Waals surface area contributed by atoms with Crippen molar-refractivity contribution in [3.63, 3.8) is 0 Å². The van der Waals surface area contributed by atoms with E-state index in [9.17, 15) is 0 Å². The van der Waals surface area contributed by atoms with Crippen LogP contribution in [-0.4, -0.2) is 7.05 Å². The van der Waals surface area contributed by atoms with Crippen LogP contribution in [0.3, 0.4) is 0 Å². The molecule has 0 heterocycles. The predicted molar refractivity (Wildman–Crippen MR) is 86.3 cm³/mol. The average molecular weight is 372 g/mol. The van der Waals surface area contributed by atoms with Gasteiger partial charge in [0.2, 0.25) is 0 Å². The quantitative estimate of drug-likeness (QED) is 0.780. The molecule has 94 valence electrons. The molecule has 2 aromatic carbocycles. The molecule has 1 atom stereocenters. The third-order valence-electron chi connectivity index (χ3n) is 2.98. The minimum absolute atomic E-state index is 0.181. The van der Waals surface area contributed by atoms with Gasteiger partial charge in [-0.3, -0.25) is 0 Å². The van der Waals surface area contributed by atoms with Crippen LogP contribution in [0.25, 0.3) is 0 Å². The maximum absolute atomic E-state index is 6.19. The molecule has 3 heteroatoms. The topological polar surface area (TPSA) is 12.0 Å². The van der Waals surface area contributed by atoms with E-state index in [2.05, 4.69) is 71.2 Å². The van der Waals surface area contributed by atoms with Gasteiger partial charge in [0.25, 0.3) is 0 Å². The molecule has 0 radical (unpaired) electrons. The van der Waals surface area contributed by atoms with Crippen molar-refractivity contribution < 1.29 is 0 Å². The van der Waals surface area contributed by atoms with Crippen LogP contribution in [0.2, 0.25) is 5.02 Å². The lowest BCUT2D eigenvalue weighted by molar-refractivity contribution is 0.691. The van der Waals surface area contributed by atoms with Gasteiger partial charge >= 0.3 is 0 Å². The van der Waals surface area contributed by atoms with Crippen LogP contribution in [0.4, 0.5) is 0 Å². The van der Waals surface area contributed by atoms with E-state index in [4.69, 9.17) is 11.6 Å². The lowest BCUT2D eigenvalue weighted by Crippen LogP contribution is -2.17. The second-order valence-electron chi connectivity index (χ2n) is 4.31. The summed E-state index contributed by atoms with van der Waals surface area (Å²) >= 11 is 8.44. The van der Waals surface area contributed by atoms with E-state index in [0.717, 1.165) is 8.59 Å². The molecule has 0 saturated heterocycles. The minimum Gasteiger partial charge on any atom is -0.309 e. The van der Waals surface area contributed by atoms with Gasteiger partial charge in [0.15, 0.2) is 0 Å². The second kappa shape index (κ2) is 6.04. The smallest absolute Gasteiger partial charge is 0.0574 e. The van der Waals surface area contributed by atoms with Crippen molar-refractivity contribution in [3.8, 4) is 0 Å². The van der Waals surface area contributed by atoms with E-state index in [1.54, 1.807) is 0 Å². The summed E-state index contributed by atoms with van der Waals surface area (Å²) in [6.45, 7) is 2.10. The van der Waals surface area contributed by atoms with Gasteiger partial charge in [-0.05, 0) is 59.8 Å². The lowest BCUT2D eigenvalue weighted by atomic mass is 9.98. The molecule has 0 aromatic heterocycles. The van der Waals surface area contributed by atoms with E-state index >= 15 is 0 Å². The first-order valence-electron chi connectivity index (χ1n) is 5.80. The molecule has 0 fully saturated rings. The highest BCUT2D eigenvalue weighted by Gasteiger charge is 2.12. The highest BCUT2D eigenvalue weighted by atomic mass is 127. The third-order valence-corrected chi connectivity index (χ3v) is 4.55. The van der Waals surface area contributed by atoms with Gasteiger partial charge in [-0.15, -0.1) is 0 Å². The van der Waals surface area contributed by atoms with E-state index < -0.39 is 0 Å². The van der Waals surface area contributed by atoms with Gasteiger partial charge in [0, 0.05) is 3.57 Å². The van der Waals surface area contributed by atoms with Crippen LogP contribution >= 0.6 is 34.2 Å². The van der Waals surface area contributed by atoms with Crippen LogP contribution in [-0.2, 0) is 0 Å². The van der Waals surface area contributed by atoms with Crippen molar-refractivity contribution in [2.75, 3.05) is 7.05 Å². The molecule has 2 rings (SSSR count). The molecule has 0 aliphatic carbocycles. The van der Waals surface area contributed by atoms with E-state index in [0.29, 0.717) is 0 Å². The van der Waals surface area contributed by atoms with E-state index in [1.807, 2.05) is 13.1 Å². The number of hydrogen-bond acceptors (Lipinski definition) is 1. The van der Waals surface area contributed by atoms with Crippen LogP contribution in [0.1, 0.15) is 22.7 Å². The predicted octanol–water partition coefficient (Wildman–Crippen LogP) is 4.56. The highest BCUT2D eigenvalue weighted by molar-refractivity contribution is 14.1. The molecule has 1 nitrogen and oxygen atoms in total. The zero-order valence-corrected chi connectivity index (χ0v) is 13.3. The zero-order valence-electron chi connectivity index (χ0n) is 10.4. The summed E-state index contributed by atoms with van der Waals surface area (Å²) in [6.07, 6.45) is 0. The molecule has 2 aromatic rings. The fourth-order valence-electron chi connectivity index (χ4n) is 1.98. The summed E-state index contributed by atoms with van der Waals surface area (Å²) in [4.78, 5) is 0.